The summed E-state index contributed by atoms with van der Waals surface area (Å²) in [6.07, 6.45) is 0. The Labute approximate surface area is 111 Å². The van der Waals surface area contributed by atoms with Crippen LogP contribution < -0.4 is 15.2 Å². The van der Waals surface area contributed by atoms with E-state index in [1.54, 1.807) is 6.92 Å². The quantitative estimate of drug-likeness (QED) is 0.855. The molecule has 0 fully saturated rings. The van der Waals surface area contributed by atoms with Gasteiger partial charge < -0.3 is 19.7 Å². The number of aromatic nitrogens is 2. The third-order valence-electron chi connectivity index (χ3n) is 2.46. The lowest BCUT2D eigenvalue weighted by atomic mass is 10.2. The summed E-state index contributed by atoms with van der Waals surface area (Å²) >= 11 is 0. The van der Waals surface area contributed by atoms with Gasteiger partial charge in [0.25, 0.3) is 5.89 Å². The van der Waals surface area contributed by atoms with Gasteiger partial charge in [-0.05, 0) is 31.5 Å². The third-order valence-corrected chi connectivity index (χ3v) is 2.46. The molecule has 0 amide bonds. The lowest BCUT2D eigenvalue weighted by Crippen LogP contribution is -2.02. The van der Waals surface area contributed by atoms with Crippen LogP contribution in [0, 0.1) is 6.92 Å². The Bertz CT molecular complexity index is 540. The predicted octanol–water partition coefficient (Wildman–Crippen LogP) is 1.81. The van der Waals surface area contributed by atoms with Gasteiger partial charge in [-0.3, -0.25) is 0 Å². The van der Waals surface area contributed by atoms with Crippen molar-refractivity contribution >= 4 is 0 Å². The van der Waals surface area contributed by atoms with Crippen molar-refractivity contribution in [3.8, 4) is 11.5 Å². The van der Waals surface area contributed by atoms with E-state index in [1.807, 2.05) is 25.1 Å². The molecule has 0 spiro atoms. The van der Waals surface area contributed by atoms with E-state index in [2.05, 4.69) is 10.1 Å². The van der Waals surface area contributed by atoms with Crippen LogP contribution in [0.4, 0.5) is 0 Å². The average molecular weight is 263 g/mol. The maximum Gasteiger partial charge on any atom is 0.264 e. The zero-order valence-corrected chi connectivity index (χ0v) is 11.0. The first-order valence-electron chi connectivity index (χ1n) is 6.10. The van der Waals surface area contributed by atoms with Crippen LogP contribution in [0.3, 0.4) is 0 Å². The van der Waals surface area contributed by atoms with Crippen molar-refractivity contribution in [1.29, 1.82) is 0 Å². The molecule has 0 radical (unpaired) electrons. The molecule has 0 aliphatic carbocycles. The minimum atomic E-state index is 0.211. The molecule has 0 aliphatic rings. The summed E-state index contributed by atoms with van der Waals surface area (Å²) in [7, 11) is 0. The fourth-order valence-electron chi connectivity index (χ4n) is 1.61. The molecule has 102 valence electrons. The van der Waals surface area contributed by atoms with Crippen LogP contribution in [0.5, 0.6) is 11.5 Å². The highest BCUT2D eigenvalue weighted by Gasteiger charge is 2.09. The first-order valence-corrected chi connectivity index (χ1v) is 6.10. The molecular formula is C13H17N3O3. The molecule has 6 nitrogen and oxygen atoms in total. The number of hydrogen-bond acceptors (Lipinski definition) is 6. The van der Waals surface area contributed by atoms with Crippen molar-refractivity contribution in [2.24, 2.45) is 5.73 Å². The highest BCUT2D eigenvalue weighted by molar-refractivity contribution is 5.43. The molecule has 0 unspecified atom stereocenters. The normalized spacial score (nSPS) is 10.5. The van der Waals surface area contributed by atoms with Gasteiger partial charge in [-0.25, -0.2) is 0 Å². The average Bonchev–Trinajstić information content (AvgIpc) is 2.83. The molecule has 2 rings (SSSR count). The van der Waals surface area contributed by atoms with Crippen molar-refractivity contribution in [2.75, 3.05) is 6.61 Å². The van der Waals surface area contributed by atoms with E-state index < -0.39 is 0 Å². The van der Waals surface area contributed by atoms with Gasteiger partial charge >= 0.3 is 0 Å². The molecule has 0 atom stereocenters. The van der Waals surface area contributed by atoms with Crippen LogP contribution >= 0.6 is 0 Å². The Morgan fingerprint density at radius 2 is 2.11 bits per heavy atom. The Morgan fingerprint density at radius 1 is 1.26 bits per heavy atom. The molecule has 1 aromatic heterocycles. The van der Waals surface area contributed by atoms with Crippen molar-refractivity contribution in [2.45, 2.75) is 27.0 Å². The topological polar surface area (TPSA) is 83.4 Å². The van der Waals surface area contributed by atoms with Gasteiger partial charge in [0.15, 0.2) is 23.9 Å². The smallest absolute Gasteiger partial charge is 0.264 e. The number of nitrogens with two attached hydrogens (primary N) is 1. The van der Waals surface area contributed by atoms with Crippen LogP contribution in [0.25, 0.3) is 0 Å². The zero-order chi connectivity index (χ0) is 13.7. The first kappa shape index (κ1) is 13.4. The molecule has 2 N–H and O–H groups in total. The van der Waals surface area contributed by atoms with E-state index in [-0.39, 0.29) is 6.61 Å². The second-order valence-corrected chi connectivity index (χ2v) is 3.94. The second kappa shape index (κ2) is 6.19. The Balaban J connectivity index is 2.10. The van der Waals surface area contributed by atoms with Crippen molar-refractivity contribution < 1.29 is 14.0 Å². The molecule has 1 heterocycles. The standard InChI is InChI=1S/C13H17N3O3/c1-3-17-12-6-10(7-14)4-5-11(12)18-8-13-15-9(2)16-19-13/h4-6H,3,7-8,14H2,1-2H3. The van der Waals surface area contributed by atoms with Gasteiger partial charge in [0.2, 0.25) is 0 Å². The number of benzene rings is 1. The van der Waals surface area contributed by atoms with E-state index in [1.165, 1.54) is 0 Å². The van der Waals surface area contributed by atoms with Crippen LogP contribution in [-0.2, 0) is 13.2 Å². The monoisotopic (exact) mass is 263 g/mol. The SMILES string of the molecule is CCOc1cc(CN)ccc1OCc1nc(C)no1. The van der Waals surface area contributed by atoms with Crippen LogP contribution in [0.1, 0.15) is 24.2 Å². The van der Waals surface area contributed by atoms with E-state index in [0.717, 1.165) is 5.56 Å². The first-order chi connectivity index (χ1) is 9.22. The lowest BCUT2D eigenvalue weighted by molar-refractivity contribution is 0.228. The Hall–Kier alpha value is -2.08. The molecule has 0 aliphatic heterocycles. The van der Waals surface area contributed by atoms with Gasteiger partial charge in [0, 0.05) is 6.54 Å². The summed E-state index contributed by atoms with van der Waals surface area (Å²) in [6, 6.07) is 5.60. The number of nitrogens with zero attached hydrogens (tertiary/aromatic N) is 2. The summed E-state index contributed by atoms with van der Waals surface area (Å²) in [5.74, 6) is 2.32. The molecule has 0 bridgehead atoms. The van der Waals surface area contributed by atoms with E-state index >= 15 is 0 Å². The molecule has 6 heteroatoms. The maximum atomic E-state index is 5.63. The largest absolute Gasteiger partial charge is 0.490 e. The van der Waals surface area contributed by atoms with Gasteiger partial charge in [-0.1, -0.05) is 11.2 Å². The predicted molar refractivity (Wildman–Crippen MR) is 68.9 cm³/mol. The van der Waals surface area contributed by atoms with Crippen LogP contribution in [0.2, 0.25) is 0 Å². The van der Waals surface area contributed by atoms with Gasteiger partial charge in [-0.15, -0.1) is 0 Å². The molecule has 0 saturated carbocycles. The minimum Gasteiger partial charge on any atom is -0.490 e. The van der Waals surface area contributed by atoms with Crippen LogP contribution in [0.15, 0.2) is 22.7 Å². The Morgan fingerprint density at radius 3 is 2.74 bits per heavy atom. The number of hydrogen-bond donors (Lipinski definition) is 1. The molecular weight excluding hydrogens is 246 g/mol. The summed E-state index contributed by atoms with van der Waals surface area (Å²) in [5.41, 5.74) is 6.59. The summed E-state index contributed by atoms with van der Waals surface area (Å²) in [5, 5.41) is 3.70. The van der Waals surface area contributed by atoms with Crippen molar-refractivity contribution in [1.82, 2.24) is 10.1 Å². The number of aryl methyl sites for hydroxylation is 1. The minimum absolute atomic E-state index is 0.211. The summed E-state index contributed by atoms with van der Waals surface area (Å²) in [4.78, 5) is 4.07. The summed E-state index contributed by atoms with van der Waals surface area (Å²) in [6.45, 7) is 4.91. The molecule has 1 aromatic carbocycles. The number of rotatable bonds is 6. The molecule has 0 saturated heterocycles. The van der Waals surface area contributed by atoms with E-state index in [9.17, 15) is 0 Å². The van der Waals surface area contributed by atoms with Crippen LogP contribution in [-0.4, -0.2) is 16.7 Å². The van der Waals surface area contributed by atoms with E-state index in [4.69, 9.17) is 19.7 Å². The molecule has 2 aromatic rings. The third kappa shape index (κ3) is 3.45. The van der Waals surface area contributed by atoms with E-state index in [0.29, 0.717) is 36.4 Å². The van der Waals surface area contributed by atoms with Gasteiger partial charge in [0.1, 0.15) is 0 Å². The zero-order valence-electron chi connectivity index (χ0n) is 11.0. The van der Waals surface area contributed by atoms with Crippen molar-refractivity contribution in [3.63, 3.8) is 0 Å². The fourth-order valence-corrected chi connectivity index (χ4v) is 1.61. The highest BCUT2D eigenvalue weighted by atomic mass is 16.5. The highest BCUT2D eigenvalue weighted by Crippen LogP contribution is 2.29. The maximum absolute atomic E-state index is 5.63. The molecule has 19 heavy (non-hydrogen) atoms. The second-order valence-electron chi connectivity index (χ2n) is 3.94. The van der Waals surface area contributed by atoms with Gasteiger partial charge in [0.05, 0.1) is 6.61 Å². The number of ether oxygens (including phenoxy) is 2. The summed E-state index contributed by atoms with van der Waals surface area (Å²) < 4.78 is 16.1. The Kier molecular flexibility index (Phi) is 4.35. The van der Waals surface area contributed by atoms with Gasteiger partial charge in [-0.2, -0.15) is 4.98 Å². The lowest BCUT2D eigenvalue weighted by Gasteiger charge is -2.11. The van der Waals surface area contributed by atoms with Crippen molar-refractivity contribution in [3.05, 3.63) is 35.5 Å². The fraction of sp³-hybridized carbons (Fsp3) is 0.385.